The first kappa shape index (κ1) is 15.1. The number of hydrogen-bond acceptors (Lipinski definition) is 3. The van der Waals surface area contributed by atoms with Crippen LogP contribution in [0.15, 0.2) is 42.7 Å². The van der Waals surface area contributed by atoms with Gasteiger partial charge in [0.1, 0.15) is 6.10 Å². The topological polar surface area (TPSA) is 41.6 Å². The Hall–Kier alpha value is -1.81. The lowest BCUT2D eigenvalue weighted by Gasteiger charge is -2.32. The Bertz CT molecular complexity index is 515. The number of ether oxygens (including phenoxy) is 1. The lowest BCUT2D eigenvalue weighted by Crippen LogP contribution is -2.48. The Morgan fingerprint density at radius 2 is 2.14 bits per heavy atom. The van der Waals surface area contributed by atoms with Crippen molar-refractivity contribution in [3.05, 3.63) is 48.2 Å². The normalized spacial score (nSPS) is 26.1. The highest BCUT2D eigenvalue weighted by Gasteiger charge is 2.30. The Labute approximate surface area is 132 Å². The van der Waals surface area contributed by atoms with Gasteiger partial charge >= 0.3 is 0 Å². The van der Waals surface area contributed by atoms with E-state index in [1.807, 2.05) is 18.2 Å². The molecule has 1 fully saturated rings. The van der Waals surface area contributed by atoms with Crippen LogP contribution < -0.4 is 5.32 Å². The Kier molecular flexibility index (Phi) is 5.11. The highest BCUT2D eigenvalue weighted by atomic mass is 16.5. The van der Waals surface area contributed by atoms with Gasteiger partial charge in [0, 0.05) is 19.6 Å². The molecule has 2 aliphatic heterocycles. The maximum absolute atomic E-state index is 12.5. The summed E-state index contributed by atoms with van der Waals surface area (Å²) >= 11 is 0. The van der Waals surface area contributed by atoms with Crippen LogP contribution in [0.25, 0.3) is 0 Å². The highest BCUT2D eigenvalue weighted by molar-refractivity contribution is 5.82. The molecule has 4 heteroatoms. The standard InChI is InChI=1S/C18H24N2O2/c21-18-17(13-15-7-2-1-3-8-15)20(11-6-10-19-18)14-16-9-4-5-12-22-16/h1-3,5,7-8,12,16-17H,4,6,9-11,13-14H2,(H,19,21). The molecular weight excluding hydrogens is 276 g/mol. The molecule has 0 bridgehead atoms. The third-order valence-electron chi connectivity index (χ3n) is 4.40. The predicted molar refractivity (Wildman–Crippen MR) is 86.4 cm³/mol. The van der Waals surface area contributed by atoms with E-state index in [0.29, 0.717) is 0 Å². The van der Waals surface area contributed by atoms with Crippen LogP contribution in [-0.4, -0.2) is 42.6 Å². The molecule has 3 rings (SSSR count). The average Bonchev–Trinajstić information content (AvgIpc) is 2.73. The molecule has 0 aliphatic carbocycles. The van der Waals surface area contributed by atoms with Crippen molar-refractivity contribution in [2.75, 3.05) is 19.6 Å². The molecular formula is C18H24N2O2. The number of benzene rings is 1. The van der Waals surface area contributed by atoms with Crippen molar-refractivity contribution in [2.45, 2.75) is 37.8 Å². The second kappa shape index (κ2) is 7.45. The fourth-order valence-corrected chi connectivity index (χ4v) is 3.19. The zero-order valence-electron chi connectivity index (χ0n) is 12.9. The zero-order valence-corrected chi connectivity index (χ0v) is 12.9. The summed E-state index contributed by atoms with van der Waals surface area (Å²) in [5, 5.41) is 3.05. The van der Waals surface area contributed by atoms with Gasteiger partial charge in [-0.25, -0.2) is 0 Å². The summed E-state index contributed by atoms with van der Waals surface area (Å²) < 4.78 is 5.70. The molecule has 1 saturated heterocycles. The Balaban J connectivity index is 1.71. The first-order chi connectivity index (χ1) is 10.8. The zero-order chi connectivity index (χ0) is 15.2. The highest BCUT2D eigenvalue weighted by Crippen LogP contribution is 2.17. The lowest BCUT2D eigenvalue weighted by molar-refractivity contribution is -0.126. The molecule has 0 spiro atoms. The van der Waals surface area contributed by atoms with Crippen LogP contribution in [0.5, 0.6) is 0 Å². The molecule has 2 aliphatic rings. The van der Waals surface area contributed by atoms with Crippen LogP contribution in [0.3, 0.4) is 0 Å². The van der Waals surface area contributed by atoms with Crippen LogP contribution in [0.1, 0.15) is 24.8 Å². The molecule has 0 saturated carbocycles. The van der Waals surface area contributed by atoms with E-state index >= 15 is 0 Å². The number of amides is 1. The van der Waals surface area contributed by atoms with Gasteiger partial charge in [-0.15, -0.1) is 0 Å². The SMILES string of the molecule is O=C1NCCCN(CC2CCC=CO2)C1Cc1ccccc1. The van der Waals surface area contributed by atoms with E-state index in [0.717, 1.165) is 45.3 Å². The van der Waals surface area contributed by atoms with Crippen LogP contribution in [0, 0.1) is 0 Å². The number of carbonyl (C=O) groups excluding carboxylic acids is 1. The monoisotopic (exact) mass is 300 g/mol. The minimum atomic E-state index is -0.0978. The van der Waals surface area contributed by atoms with Crippen molar-refractivity contribution in [3.8, 4) is 0 Å². The maximum Gasteiger partial charge on any atom is 0.237 e. The number of nitrogens with one attached hydrogen (secondary N) is 1. The van der Waals surface area contributed by atoms with Crippen molar-refractivity contribution < 1.29 is 9.53 Å². The van der Waals surface area contributed by atoms with Gasteiger partial charge < -0.3 is 10.1 Å². The van der Waals surface area contributed by atoms with Gasteiger partial charge in [0.05, 0.1) is 12.3 Å². The van der Waals surface area contributed by atoms with Crippen LogP contribution in [0.2, 0.25) is 0 Å². The number of hydrogen-bond donors (Lipinski definition) is 1. The summed E-state index contributed by atoms with van der Waals surface area (Å²) in [6, 6.07) is 10.2. The van der Waals surface area contributed by atoms with E-state index < -0.39 is 0 Å². The van der Waals surface area contributed by atoms with E-state index in [1.165, 1.54) is 5.56 Å². The van der Waals surface area contributed by atoms with Gasteiger partial charge in [0.2, 0.25) is 5.91 Å². The first-order valence-electron chi connectivity index (χ1n) is 8.19. The second-order valence-corrected chi connectivity index (χ2v) is 6.05. The molecule has 1 amide bonds. The van der Waals surface area contributed by atoms with Crippen LogP contribution >= 0.6 is 0 Å². The quantitative estimate of drug-likeness (QED) is 0.926. The molecule has 1 aromatic rings. The van der Waals surface area contributed by atoms with E-state index in [9.17, 15) is 4.79 Å². The fraction of sp³-hybridized carbons (Fsp3) is 0.500. The maximum atomic E-state index is 12.5. The van der Waals surface area contributed by atoms with Crippen molar-refractivity contribution in [3.63, 3.8) is 0 Å². The van der Waals surface area contributed by atoms with E-state index in [1.54, 1.807) is 6.26 Å². The van der Waals surface area contributed by atoms with Gasteiger partial charge in [-0.05, 0) is 37.3 Å². The van der Waals surface area contributed by atoms with E-state index in [4.69, 9.17) is 4.74 Å². The predicted octanol–water partition coefficient (Wildman–Crippen LogP) is 2.11. The molecule has 1 N–H and O–H groups in total. The van der Waals surface area contributed by atoms with Crippen molar-refractivity contribution in [1.82, 2.24) is 10.2 Å². The molecule has 0 aromatic heterocycles. The average molecular weight is 300 g/mol. The van der Waals surface area contributed by atoms with E-state index in [-0.39, 0.29) is 18.1 Å². The molecule has 2 heterocycles. The Morgan fingerprint density at radius 1 is 1.27 bits per heavy atom. The largest absolute Gasteiger partial charge is 0.497 e. The van der Waals surface area contributed by atoms with Gasteiger partial charge in [0.25, 0.3) is 0 Å². The summed E-state index contributed by atoms with van der Waals surface area (Å²) in [5.41, 5.74) is 1.21. The Morgan fingerprint density at radius 3 is 2.91 bits per heavy atom. The molecule has 2 unspecified atom stereocenters. The minimum Gasteiger partial charge on any atom is -0.497 e. The second-order valence-electron chi connectivity index (χ2n) is 6.05. The molecule has 0 radical (unpaired) electrons. The summed E-state index contributed by atoms with van der Waals surface area (Å²) in [6.45, 7) is 2.54. The smallest absolute Gasteiger partial charge is 0.237 e. The summed E-state index contributed by atoms with van der Waals surface area (Å²) in [5.74, 6) is 0.146. The number of nitrogens with zero attached hydrogens (tertiary/aromatic N) is 1. The van der Waals surface area contributed by atoms with Gasteiger partial charge in [-0.1, -0.05) is 30.3 Å². The third kappa shape index (κ3) is 3.89. The number of rotatable bonds is 4. The fourth-order valence-electron chi connectivity index (χ4n) is 3.19. The molecule has 4 nitrogen and oxygen atoms in total. The molecule has 2 atom stereocenters. The molecule has 22 heavy (non-hydrogen) atoms. The van der Waals surface area contributed by atoms with Gasteiger partial charge in [0.15, 0.2) is 0 Å². The van der Waals surface area contributed by atoms with Gasteiger partial charge in [-0.3, -0.25) is 9.69 Å². The molecule has 1 aromatic carbocycles. The summed E-state index contributed by atoms with van der Waals surface area (Å²) in [4.78, 5) is 14.8. The lowest BCUT2D eigenvalue weighted by atomic mass is 10.0. The van der Waals surface area contributed by atoms with Crippen molar-refractivity contribution in [2.24, 2.45) is 0 Å². The minimum absolute atomic E-state index is 0.0978. The molecule has 118 valence electrons. The van der Waals surface area contributed by atoms with Crippen LogP contribution in [0.4, 0.5) is 0 Å². The third-order valence-corrected chi connectivity index (χ3v) is 4.40. The van der Waals surface area contributed by atoms with Crippen molar-refractivity contribution >= 4 is 5.91 Å². The van der Waals surface area contributed by atoms with Gasteiger partial charge in [-0.2, -0.15) is 0 Å². The summed E-state index contributed by atoms with van der Waals surface area (Å²) in [6.07, 6.45) is 7.93. The first-order valence-corrected chi connectivity index (χ1v) is 8.19. The van der Waals surface area contributed by atoms with Crippen LogP contribution in [-0.2, 0) is 16.0 Å². The van der Waals surface area contributed by atoms with Crippen molar-refractivity contribution in [1.29, 1.82) is 0 Å². The van der Waals surface area contributed by atoms with E-state index in [2.05, 4.69) is 28.4 Å². The number of carbonyl (C=O) groups is 1. The number of allylic oxidation sites excluding steroid dienone is 1. The summed E-state index contributed by atoms with van der Waals surface area (Å²) in [7, 11) is 0.